The molecule has 3 rings (SSSR count). The molecule has 3 heteroatoms. The number of imidazole rings is 1. The van der Waals surface area contributed by atoms with Gasteiger partial charge >= 0.3 is 0 Å². The van der Waals surface area contributed by atoms with Crippen molar-refractivity contribution in [2.45, 2.75) is 32.7 Å². The van der Waals surface area contributed by atoms with Crippen molar-refractivity contribution in [3.63, 3.8) is 0 Å². The summed E-state index contributed by atoms with van der Waals surface area (Å²) in [7, 11) is 0. The number of hydrogen-bond acceptors (Lipinski definition) is 2. The molecule has 0 spiro atoms. The fourth-order valence-corrected chi connectivity index (χ4v) is 3.13. The molecule has 3 nitrogen and oxygen atoms in total. The molecule has 1 aliphatic carbocycles. The number of aromatic nitrogens is 2. The summed E-state index contributed by atoms with van der Waals surface area (Å²) in [6.45, 7) is 4.51. The summed E-state index contributed by atoms with van der Waals surface area (Å²) in [5.41, 5.74) is 2.51. The van der Waals surface area contributed by atoms with E-state index in [2.05, 4.69) is 41.5 Å². The van der Waals surface area contributed by atoms with Gasteiger partial charge in [-0.2, -0.15) is 0 Å². The molecule has 20 heavy (non-hydrogen) atoms. The van der Waals surface area contributed by atoms with Crippen LogP contribution in [0.3, 0.4) is 0 Å². The van der Waals surface area contributed by atoms with Gasteiger partial charge in [0.1, 0.15) is 0 Å². The summed E-state index contributed by atoms with van der Waals surface area (Å²) in [4.78, 5) is 4.07. The fraction of sp³-hybridized carbons (Fsp3) is 0.471. The largest absolute Gasteiger partial charge is 0.312 e. The van der Waals surface area contributed by atoms with Crippen molar-refractivity contribution in [1.29, 1.82) is 0 Å². The van der Waals surface area contributed by atoms with Gasteiger partial charge in [-0.05, 0) is 42.5 Å². The van der Waals surface area contributed by atoms with Gasteiger partial charge in [-0.25, -0.2) is 4.98 Å². The molecule has 1 aliphatic rings. The highest BCUT2D eigenvalue weighted by atomic mass is 15.0. The van der Waals surface area contributed by atoms with Crippen molar-refractivity contribution in [2.75, 3.05) is 6.54 Å². The average Bonchev–Trinajstić information content (AvgIpc) is 3.12. The topological polar surface area (TPSA) is 29.9 Å². The van der Waals surface area contributed by atoms with Crippen molar-refractivity contribution >= 4 is 0 Å². The van der Waals surface area contributed by atoms with Crippen LogP contribution in [0.2, 0.25) is 0 Å². The first-order valence-electron chi connectivity index (χ1n) is 7.61. The maximum atomic E-state index is 4.07. The molecule has 0 radical (unpaired) electrons. The second-order valence-corrected chi connectivity index (χ2v) is 5.94. The van der Waals surface area contributed by atoms with Crippen LogP contribution in [0.4, 0.5) is 0 Å². The number of nitrogens with one attached hydrogen (secondary N) is 1. The van der Waals surface area contributed by atoms with Gasteiger partial charge in [-0.1, -0.05) is 31.9 Å². The lowest BCUT2D eigenvalue weighted by atomic mass is 9.98. The Bertz CT molecular complexity index is 516. The summed E-state index contributed by atoms with van der Waals surface area (Å²) in [6.07, 6.45) is 9.81. The SMILES string of the molecule is CC1CCCC1CNCc1ccc(-n2ccnc2)cc1. The first-order chi connectivity index (χ1) is 9.83. The Hall–Kier alpha value is -1.61. The smallest absolute Gasteiger partial charge is 0.0991 e. The third kappa shape index (κ3) is 3.10. The van der Waals surface area contributed by atoms with Gasteiger partial charge in [-0.15, -0.1) is 0 Å². The predicted molar refractivity (Wildman–Crippen MR) is 81.8 cm³/mol. The van der Waals surface area contributed by atoms with Crippen molar-refractivity contribution in [1.82, 2.24) is 14.9 Å². The van der Waals surface area contributed by atoms with Crippen molar-refractivity contribution in [3.8, 4) is 5.69 Å². The van der Waals surface area contributed by atoms with E-state index >= 15 is 0 Å². The van der Waals surface area contributed by atoms with Crippen LogP contribution in [0.5, 0.6) is 0 Å². The maximum absolute atomic E-state index is 4.07. The van der Waals surface area contributed by atoms with E-state index in [1.54, 1.807) is 6.20 Å². The minimum absolute atomic E-state index is 0.875. The molecular formula is C17H23N3. The molecule has 0 saturated heterocycles. The van der Waals surface area contributed by atoms with Crippen LogP contribution in [-0.2, 0) is 6.54 Å². The third-order valence-electron chi connectivity index (χ3n) is 4.51. The summed E-state index contributed by atoms with van der Waals surface area (Å²) >= 11 is 0. The monoisotopic (exact) mass is 269 g/mol. The third-order valence-corrected chi connectivity index (χ3v) is 4.51. The molecule has 2 aromatic rings. The molecule has 1 N–H and O–H groups in total. The van der Waals surface area contributed by atoms with Gasteiger partial charge in [0, 0.05) is 24.6 Å². The van der Waals surface area contributed by atoms with Crippen LogP contribution in [0.15, 0.2) is 43.0 Å². The lowest BCUT2D eigenvalue weighted by Gasteiger charge is -2.16. The van der Waals surface area contributed by atoms with E-state index in [0.29, 0.717) is 0 Å². The summed E-state index contributed by atoms with van der Waals surface area (Å²) < 4.78 is 2.03. The molecule has 1 aromatic heterocycles. The second kappa shape index (κ2) is 6.23. The summed E-state index contributed by atoms with van der Waals surface area (Å²) in [5, 5.41) is 3.61. The number of benzene rings is 1. The fourth-order valence-electron chi connectivity index (χ4n) is 3.13. The standard InChI is InChI=1S/C17H23N3/c1-14-3-2-4-16(14)12-19-11-15-5-7-17(8-6-15)20-10-9-18-13-20/h5-10,13-14,16,19H,2-4,11-12H2,1H3. The van der Waals surface area contributed by atoms with E-state index in [4.69, 9.17) is 0 Å². The molecule has 106 valence electrons. The van der Waals surface area contributed by atoms with Crippen molar-refractivity contribution in [3.05, 3.63) is 48.5 Å². The highest BCUT2D eigenvalue weighted by Gasteiger charge is 2.22. The van der Waals surface area contributed by atoms with E-state index < -0.39 is 0 Å². The van der Waals surface area contributed by atoms with Crippen LogP contribution in [0.25, 0.3) is 5.69 Å². The van der Waals surface area contributed by atoms with Crippen molar-refractivity contribution < 1.29 is 0 Å². The lowest BCUT2D eigenvalue weighted by Crippen LogP contribution is -2.23. The highest BCUT2D eigenvalue weighted by molar-refractivity contribution is 5.34. The molecule has 0 aliphatic heterocycles. The Balaban J connectivity index is 1.51. The van der Waals surface area contributed by atoms with E-state index in [9.17, 15) is 0 Å². The van der Waals surface area contributed by atoms with Gasteiger partial charge < -0.3 is 9.88 Å². The number of rotatable bonds is 5. The Morgan fingerprint density at radius 1 is 1.25 bits per heavy atom. The minimum Gasteiger partial charge on any atom is -0.312 e. The molecule has 2 unspecified atom stereocenters. The molecule has 1 fully saturated rings. The number of nitrogens with zero attached hydrogens (tertiary/aromatic N) is 2. The molecule has 0 amide bonds. The summed E-state index contributed by atoms with van der Waals surface area (Å²) in [6, 6.07) is 8.69. The normalized spacial score (nSPS) is 22.2. The minimum atomic E-state index is 0.875. The first-order valence-corrected chi connectivity index (χ1v) is 7.61. The Morgan fingerprint density at radius 2 is 2.10 bits per heavy atom. The van der Waals surface area contributed by atoms with Crippen LogP contribution in [0.1, 0.15) is 31.7 Å². The van der Waals surface area contributed by atoms with Gasteiger partial charge in [0.05, 0.1) is 6.33 Å². The lowest BCUT2D eigenvalue weighted by molar-refractivity contribution is 0.392. The molecule has 1 saturated carbocycles. The van der Waals surface area contributed by atoms with E-state index in [0.717, 1.165) is 30.6 Å². The predicted octanol–water partition coefficient (Wildman–Crippen LogP) is 3.40. The van der Waals surface area contributed by atoms with Gasteiger partial charge in [0.2, 0.25) is 0 Å². The van der Waals surface area contributed by atoms with E-state index in [1.807, 2.05) is 17.1 Å². The van der Waals surface area contributed by atoms with E-state index in [-0.39, 0.29) is 0 Å². The zero-order chi connectivity index (χ0) is 13.8. The zero-order valence-electron chi connectivity index (χ0n) is 12.1. The molecule has 1 heterocycles. The Kier molecular flexibility index (Phi) is 4.16. The van der Waals surface area contributed by atoms with Crippen LogP contribution in [0, 0.1) is 11.8 Å². The molecule has 0 bridgehead atoms. The Morgan fingerprint density at radius 3 is 2.75 bits per heavy atom. The summed E-state index contributed by atoms with van der Waals surface area (Å²) in [5.74, 6) is 1.77. The quantitative estimate of drug-likeness (QED) is 0.901. The first kappa shape index (κ1) is 13.4. The van der Waals surface area contributed by atoms with E-state index in [1.165, 1.54) is 24.8 Å². The number of hydrogen-bond donors (Lipinski definition) is 1. The van der Waals surface area contributed by atoms with Crippen LogP contribution in [-0.4, -0.2) is 16.1 Å². The molecule has 1 aromatic carbocycles. The highest BCUT2D eigenvalue weighted by Crippen LogP contribution is 2.30. The van der Waals surface area contributed by atoms with Crippen LogP contribution >= 0.6 is 0 Å². The van der Waals surface area contributed by atoms with Gasteiger partial charge in [0.15, 0.2) is 0 Å². The van der Waals surface area contributed by atoms with Gasteiger partial charge in [0.25, 0.3) is 0 Å². The van der Waals surface area contributed by atoms with Crippen LogP contribution < -0.4 is 5.32 Å². The van der Waals surface area contributed by atoms with Crippen molar-refractivity contribution in [2.24, 2.45) is 11.8 Å². The van der Waals surface area contributed by atoms with Gasteiger partial charge in [-0.3, -0.25) is 0 Å². The maximum Gasteiger partial charge on any atom is 0.0991 e. The zero-order valence-corrected chi connectivity index (χ0v) is 12.1. The molecular weight excluding hydrogens is 246 g/mol. The average molecular weight is 269 g/mol. The second-order valence-electron chi connectivity index (χ2n) is 5.94. The molecule has 2 atom stereocenters. The Labute approximate surface area is 121 Å².